The Hall–Kier alpha value is -2.58. The van der Waals surface area contributed by atoms with Crippen molar-refractivity contribution in [2.24, 2.45) is 0 Å². The molecule has 14 heteroatoms. The highest BCUT2D eigenvalue weighted by Crippen LogP contribution is 2.41. The van der Waals surface area contributed by atoms with Crippen molar-refractivity contribution >= 4 is 5.82 Å². The van der Waals surface area contributed by atoms with Gasteiger partial charge in [0.2, 0.25) is 0 Å². The molecule has 0 radical (unpaired) electrons. The zero-order chi connectivity index (χ0) is 27.2. The van der Waals surface area contributed by atoms with E-state index in [1.165, 1.54) is 11.8 Å². The van der Waals surface area contributed by atoms with Gasteiger partial charge in [-0.2, -0.15) is 39.5 Å². The lowest BCUT2D eigenvalue weighted by Gasteiger charge is -2.25. The van der Waals surface area contributed by atoms with E-state index in [1.54, 1.807) is 0 Å². The molecule has 0 amide bonds. The molecule has 0 aliphatic carbocycles. The molecule has 2 aliphatic rings. The second-order valence-corrected chi connectivity index (χ2v) is 8.98. The summed E-state index contributed by atoms with van der Waals surface area (Å²) in [5, 5.41) is 3.05. The summed E-state index contributed by atoms with van der Waals surface area (Å²) < 4.78 is 131. The third-order valence-electron chi connectivity index (χ3n) is 6.31. The molecular formula is C23H22F9N3O2. The fourth-order valence-electron chi connectivity index (χ4n) is 4.31. The molecule has 3 atom stereocenters. The van der Waals surface area contributed by atoms with Crippen LogP contribution in [0.3, 0.4) is 0 Å². The zero-order valence-corrected chi connectivity index (χ0v) is 19.3. The standard InChI is InChI=1S/C23H22F9N3O2/c1-12-19(13-4-15(21(24,25)26)7-16(5-13)22(27,28)29)37-11-35(12)9-14-6-17(23(30,31)32)8-33-20(14)34-18-2-3-36-10-18/h4-8,12,18-19H,2-3,9-11H2,1H3,(H,33,34)/t12-,18?,19-/m0/s1. The molecular weight excluding hydrogens is 521 g/mol. The predicted octanol–water partition coefficient (Wildman–Crippen LogP) is 6.26. The highest BCUT2D eigenvalue weighted by Gasteiger charge is 2.40. The second kappa shape index (κ2) is 9.95. The van der Waals surface area contributed by atoms with Gasteiger partial charge in [-0.15, -0.1) is 0 Å². The first-order valence-electron chi connectivity index (χ1n) is 11.2. The van der Waals surface area contributed by atoms with E-state index >= 15 is 0 Å². The third kappa shape index (κ3) is 6.29. The Morgan fingerprint density at radius 3 is 2.08 bits per heavy atom. The van der Waals surface area contributed by atoms with E-state index in [-0.39, 0.29) is 42.3 Å². The summed E-state index contributed by atoms with van der Waals surface area (Å²) in [7, 11) is 0. The summed E-state index contributed by atoms with van der Waals surface area (Å²) in [6.45, 7) is 1.96. The van der Waals surface area contributed by atoms with E-state index in [0.29, 0.717) is 38.0 Å². The molecule has 2 aliphatic heterocycles. The lowest BCUT2D eigenvalue weighted by atomic mass is 9.97. The maximum absolute atomic E-state index is 13.3. The number of pyridine rings is 1. The van der Waals surface area contributed by atoms with Crippen molar-refractivity contribution in [3.63, 3.8) is 0 Å². The van der Waals surface area contributed by atoms with Gasteiger partial charge in [0.15, 0.2) is 0 Å². The fourth-order valence-corrected chi connectivity index (χ4v) is 4.31. The van der Waals surface area contributed by atoms with E-state index in [4.69, 9.17) is 9.47 Å². The van der Waals surface area contributed by atoms with Crippen molar-refractivity contribution in [2.45, 2.75) is 56.6 Å². The van der Waals surface area contributed by atoms with Crippen LogP contribution in [0.5, 0.6) is 0 Å². The Morgan fingerprint density at radius 2 is 1.54 bits per heavy atom. The van der Waals surface area contributed by atoms with E-state index in [2.05, 4.69) is 10.3 Å². The minimum Gasteiger partial charge on any atom is -0.379 e. The van der Waals surface area contributed by atoms with E-state index in [9.17, 15) is 39.5 Å². The van der Waals surface area contributed by atoms with Gasteiger partial charge in [-0.05, 0) is 43.2 Å². The van der Waals surface area contributed by atoms with Crippen molar-refractivity contribution in [3.8, 4) is 0 Å². The molecule has 2 aromatic rings. The topological polar surface area (TPSA) is 46.6 Å². The van der Waals surface area contributed by atoms with E-state index in [1.807, 2.05) is 0 Å². The van der Waals surface area contributed by atoms with E-state index < -0.39 is 47.4 Å². The van der Waals surface area contributed by atoms with Crippen LogP contribution >= 0.6 is 0 Å². The molecule has 4 rings (SSSR count). The highest BCUT2D eigenvalue weighted by molar-refractivity contribution is 5.47. The highest BCUT2D eigenvalue weighted by atomic mass is 19.4. The van der Waals surface area contributed by atoms with Crippen LogP contribution in [-0.4, -0.2) is 41.9 Å². The summed E-state index contributed by atoms with van der Waals surface area (Å²) in [6.07, 6.45) is -14.6. The molecule has 204 valence electrons. The van der Waals surface area contributed by atoms with Crippen LogP contribution in [0.1, 0.15) is 47.3 Å². The number of benzene rings is 1. The Labute approximate surface area is 205 Å². The van der Waals surface area contributed by atoms with Gasteiger partial charge >= 0.3 is 18.5 Å². The Morgan fingerprint density at radius 1 is 0.919 bits per heavy atom. The summed E-state index contributed by atoms with van der Waals surface area (Å²) in [5.74, 6) is 0.178. The third-order valence-corrected chi connectivity index (χ3v) is 6.31. The number of ether oxygens (including phenoxy) is 2. The lowest BCUT2D eigenvalue weighted by Crippen LogP contribution is -2.30. The largest absolute Gasteiger partial charge is 0.417 e. The van der Waals surface area contributed by atoms with Gasteiger partial charge in [0.25, 0.3) is 0 Å². The Kier molecular flexibility index (Phi) is 7.38. The van der Waals surface area contributed by atoms with Gasteiger partial charge in [-0.3, -0.25) is 4.90 Å². The first kappa shape index (κ1) is 27.5. The summed E-state index contributed by atoms with van der Waals surface area (Å²) in [5.41, 5.74) is -4.12. The number of anilines is 1. The van der Waals surface area contributed by atoms with Gasteiger partial charge in [0, 0.05) is 31.0 Å². The number of nitrogens with one attached hydrogen (secondary N) is 1. The average Bonchev–Trinajstić information content (AvgIpc) is 3.42. The molecule has 1 unspecified atom stereocenters. The first-order chi connectivity index (χ1) is 17.1. The summed E-state index contributed by atoms with van der Waals surface area (Å²) in [6, 6.07) is 1.20. The first-order valence-corrected chi connectivity index (χ1v) is 11.2. The van der Waals surface area contributed by atoms with Gasteiger partial charge < -0.3 is 14.8 Å². The number of alkyl halides is 9. The molecule has 0 spiro atoms. The SMILES string of the molecule is C[C@H]1[C@@H](c2cc(C(F)(F)F)cc(C(F)(F)F)c2)OCN1Cc1cc(C(F)(F)F)cnc1NC1CCOC1. The van der Waals surface area contributed by atoms with Gasteiger partial charge in [0.05, 0.1) is 35.4 Å². The number of rotatable bonds is 5. The van der Waals surface area contributed by atoms with Crippen molar-refractivity contribution in [1.29, 1.82) is 0 Å². The van der Waals surface area contributed by atoms with Crippen LogP contribution in [0.25, 0.3) is 0 Å². The number of hydrogen-bond acceptors (Lipinski definition) is 5. The minimum atomic E-state index is -5.02. The smallest absolute Gasteiger partial charge is 0.379 e. The molecule has 5 nitrogen and oxygen atoms in total. The van der Waals surface area contributed by atoms with Crippen LogP contribution < -0.4 is 5.32 Å². The molecule has 0 bridgehead atoms. The monoisotopic (exact) mass is 543 g/mol. The van der Waals surface area contributed by atoms with Crippen LogP contribution in [0.2, 0.25) is 0 Å². The van der Waals surface area contributed by atoms with Gasteiger partial charge in [-0.1, -0.05) is 0 Å². The van der Waals surface area contributed by atoms with Crippen molar-refractivity contribution in [2.75, 3.05) is 25.3 Å². The second-order valence-electron chi connectivity index (χ2n) is 8.98. The van der Waals surface area contributed by atoms with Crippen LogP contribution in [0.15, 0.2) is 30.5 Å². The molecule has 1 N–H and O–H groups in total. The van der Waals surface area contributed by atoms with Crippen molar-refractivity contribution in [1.82, 2.24) is 9.88 Å². The lowest BCUT2D eigenvalue weighted by molar-refractivity contribution is -0.143. The predicted molar refractivity (Wildman–Crippen MR) is 112 cm³/mol. The normalized spacial score (nSPS) is 23.6. The minimum absolute atomic E-state index is 0.0277. The number of hydrogen-bond donors (Lipinski definition) is 1. The molecule has 1 aromatic carbocycles. The number of halogens is 9. The average molecular weight is 543 g/mol. The number of aromatic nitrogens is 1. The summed E-state index contributed by atoms with van der Waals surface area (Å²) in [4.78, 5) is 5.45. The zero-order valence-electron chi connectivity index (χ0n) is 19.3. The molecule has 0 saturated carbocycles. The van der Waals surface area contributed by atoms with Crippen LogP contribution in [0.4, 0.5) is 45.3 Å². The quantitative estimate of drug-likeness (QED) is 0.452. The van der Waals surface area contributed by atoms with Crippen molar-refractivity contribution < 1.29 is 49.0 Å². The van der Waals surface area contributed by atoms with Crippen LogP contribution in [0, 0.1) is 0 Å². The molecule has 2 fully saturated rings. The van der Waals surface area contributed by atoms with Gasteiger partial charge in [-0.25, -0.2) is 4.98 Å². The maximum atomic E-state index is 13.3. The molecule has 2 saturated heterocycles. The summed E-state index contributed by atoms with van der Waals surface area (Å²) >= 11 is 0. The van der Waals surface area contributed by atoms with Crippen LogP contribution in [-0.2, 0) is 34.5 Å². The van der Waals surface area contributed by atoms with Crippen molar-refractivity contribution in [3.05, 3.63) is 58.3 Å². The fraction of sp³-hybridized carbons (Fsp3) is 0.522. The Balaban J connectivity index is 1.62. The molecule has 1 aromatic heterocycles. The maximum Gasteiger partial charge on any atom is 0.417 e. The van der Waals surface area contributed by atoms with Gasteiger partial charge in [0.1, 0.15) is 12.5 Å². The van der Waals surface area contributed by atoms with E-state index in [0.717, 1.165) is 6.07 Å². The number of nitrogens with zero attached hydrogens (tertiary/aromatic N) is 2. The Bertz CT molecular complexity index is 1080. The molecule has 37 heavy (non-hydrogen) atoms. The molecule has 3 heterocycles.